The van der Waals surface area contributed by atoms with Crippen molar-refractivity contribution in [2.24, 2.45) is 0 Å². The predicted octanol–water partition coefficient (Wildman–Crippen LogP) is 3.73. The van der Waals surface area contributed by atoms with E-state index in [1.807, 2.05) is 30.3 Å². The predicted molar refractivity (Wildman–Crippen MR) is 114 cm³/mol. The van der Waals surface area contributed by atoms with Crippen LogP contribution in [-0.2, 0) is 16.0 Å². The van der Waals surface area contributed by atoms with Gasteiger partial charge in [0.05, 0.1) is 23.4 Å². The maximum absolute atomic E-state index is 13.6. The summed E-state index contributed by atoms with van der Waals surface area (Å²) in [5, 5.41) is 0.636. The summed E-state index contributed by atoms with van der Waals surface area (Å²) < 4.78 is 19.8. The third kappa shape index (κ3) is 5.18. The van der Waals surface area contributed by atoms with Crippen molar-refractivity contribution in [1.29, 1.82) is 0 Å². The van der Waals surface area contributed by atoms with E-state index in [2.05, 4.69) is 9.88 Å². The highest BCUT2D eigenvalue weighted by molar-refractivity contribution is 7.22. The monoisotopic (exact) mass is 413 g/mol. The molecule has 4 rings (SSSR count). The van der Waals surface area contributed by atoms with E-state index >= 15 is 0 Å². The van der Waals surface area contributed by atoms with Crippen LogP contribution in [0.4, 0.5) is 9.52 Å². The summed E-state index contributed by atoms with van der Waals surface area (Å²) in [5.74, 6) is -0.246. The molecule has 1 fully saturated rings. The number of carbonyl (C=O) groups is 1. The molecular formula is C22H24FN3O2S. The second kappa shape index (κ2) is 9.43. The highest BCUT2D eigenvalue weighted by atomic mass is 32.1. The van der Waals surface area contributed by atoms with Crippen LogP contribution in [0, 0.1) is 5.82 Å². The van der Waals surface area contributed by atoms with Crippen molar-refractivity contribution in [3.05, 3.63) is 59.9 Å². The van der Waals surface area contributed by atoms with Crippen LogP contribution in [0.2, 0.25) is 0 Å². The van der Waals surface area contributed by atoms with Crippen LogP contribution in [-0.4, -0.2) is 55.2 Å². The molecule has 0 aliphatic carbocycles. The van der Waals surface area contributed by atoms with Gasteiger partial charge in [-0.15, -0.1) is 0 Å². The smallest absolute Gasteiger partial charge is 0.229 e. The average molecular weight is 414 g/mol. The molecule has 3 aromatic rings. The number of carbonyl (C=O) groups excluding carboxylic acids is 1. The Balaban J connectivity index is 1.51. The maximum atomic E-state index is 13.6. The molecule has 1 aromatic heterocycles. The number of hydrogen-bond donors (Lipinski definition) is 0. The number of nitrogens with zero attached hydrogens (tertiary/aromatic N) is 3. The van der Waals surface area contributed by atoms with Gasteiger partial charge in [0.25, 0.3) is 0 Å². The summed E-state index contributed by atoms with van der Waals surface area (Å²) in [6.07, 6.45) is 1.10. The average Bonchev–Trinajstić information content (AvgIpc) is 3.16. The van der Waals surface area contributed by atoms with Crippen molar-refractivity contribution in [2.75, 3.05) is 44.3 Å². The minimum absolute atomic E-state index is 0.0432. The fraction of sp³-hybridized carbons (Fsp3) is 0.364. The van der Waals surface area contributed by atoms with Gasteiger partial charge in [-0.05, 0) is 30.2 Å². The van der Waals surface area contributed by atoms with Gasteiger partial charge in [0.15, 0.2) is 5.13 Å². The first kappa shape index (κ1) is 19.9. The Morgan fingerprint density at radius 3 is 2.76 bits per heavy atom. The molecule has 1 amide bonds. The van der Waals surface area contributed by atoms with E-state index in [4.69, 9.17) is 4.74 Å². The molecule has 1 aliphatic rings. The van der Waals surface area contributed by atoms with Gasteiger partial charge in [-0.1, -0.05) is 41.7 Å². The van der Waals surface area contributed by atoms with Gasteiger partial charge in [-0.2, -0.15) is 0 Å². The van der Waals surface area contributed by atoms with Crippen molar-refractivity contribution in [3.8, 4) is 0 Å². The van der Waals surface area contributed by atoms with E-state index in [0.29, 0.717) is 24.5 Å². The summed E-state index contributed by atoms with van der Waals surface area (Å²) in [6.45, 7) is 4.53. The standard InChI is InChI=1S/C22H24FN3O2S/c23-18-7-8-19-20(16-18)29-22(24-19)26(11-10-25-12-14-28-15-13-25)21(27)9-6-17-4-2-1-3-5-17/h1-5,7-8,16H,6,9-15H2. The Labute approximate surface area is 173 Å². The van der Waals surface area contributed by atoms with Crippen LogP contribution in [0.25, 0.3) is 10.2 Å². The van der Waals surface area contributed by atoms with Crippen molar-refractivity contribution < 1.29 is 13.9 Å². The summed E-state index contributed by atoms with van der Waals surface area (Å²) in [6, 6.07) is 14.6. The zero-order chi connectivity index (χ0) is 20.1. The molecule has 2 heterocycles. The third-order valence-electron chi connectivity index (χ3n) is 5.09. The Kier molecular flexibility index (Phi) is 6.49. The number of ether oxygens (including phenoxy) is 1. The Hall–Kier alpha value is -2.35. The summed E-state index contributed by atoms with van der Waals surface area (Å²) in [4.78, 5) is 21.8. The Morgan fingerprint density at radius 2 is 1.97 bits per heavy atom. The Morgan fingerprint density at radius 1 is 1.17 bits per heavy atom. The normalized spacial score (nSPS) is 14.9. The Bertz CT molecular complexity index is 957. The fourth-order valence-corrected chi connectivity index (χ4v) is 4.46. The number of thiazole rings is 1. The second-order valence-electron chi connectivity index (χ2n) is 7.09. The van der Waals surface area contributed by atoms with Gasteiger partial charge in [0.1, 0.15) is 5.82 Å². The molecule has 1 aliphatic heterocycles. The number of halogens is 1. The minimum Gasteiger partial charge on any atom is -0.379 e. The lowest BCUT2D eigenvalue weighted by Gasteiger charge is -2.29. The second-order valence-corrected chi connectivity index (χ2v) is 8.10. The van der Waals surface area contributed by atoms with Gasteiger partial charge in [0, 0.05) is 32.6 Å². The van der Waals surface area contributed by atoms with Gasteiger partial charge in [-0.25, -0.2) is 9.37 Å². The quantitative estimate of drug-likeness (QED) is 0.592. The van der Waals surface area contributed by atoms with Crippen LogP contribution < -0.4 is 4.90 Å². The molecule has 152 valence electrons. The largest absolute Gasteiger partial charge is 0.379 e. The minimum atomic E-state index is -0.289. The van der Waals surface area contributed by atoms with Crippen LogP contribution in [0.1, 0.15) is 12.0 Å². The lowest BCUT2D eigenvalue weighted by molar-refractivity contribution is -0.118. The number of aromatic nitrogens is 1. The number of morpholine rings is 1. The van der Waals surface area contributed by atoms with E-state index in [1.54, 1.807) is 11.0 Å². The van der Waals surface area contributed by atoms with Crippen LogP contribution in [0.15, 0.2) is 48.5 Å². The SMILES string of the molecule is O=C(CCc1ccccc1)N(CCN1CCOCC1)c1nc2ccc(F)cc2s1. The number of rotatable bonds is 7. The molecule has 0 spiro atoms. The molecule has 0 radical (unpaired) electrons. The molecule has 2 aromatic carbocycles. The maximum Gasteiger partial charge on any atom is 0.229 e. The summed E-state index contributed by atoms with van der Waals surface area (Å²) >= 11 is 1.37. The molecular weight excluding hydrogens is 389 g/mol. The van der Waals surface area contributed by atoms with E-state index < -0.39 is 0 Å². The molecule has 0 N–H and O–H groups in total. The van der Waals surface area contributed by atoms with E-state index in [9.17, 15) is 9.18 Å². The van der Waals surface area contributed by atoms with E-state index in [0.717, 1.165) is 48.6 Å². The van der Waals surface area contributed by atoms with Gasteiger partial charge in [-0.3, -0.25) is 14.6 Å². The third-order valence-corrected chi connectivity index (χ3v) is 6.13. The number of anilines is 1. The highest BCUT2D eigenvalue weighted by Crippen LogP contribution is 2.30. The molecule has 1 saturated heterocycles. The first-order chi connectivity index (χ1) is 14.2. The number of benzene rings is 2. The van der Waals surface area contributed by atoms with Crippen molar-refractivity contribution in [2.45, 2.75) is 12.8 Å². The zero-order valence-electron chi connectivity index (χ0n) is 16.2. The van der Waals surface area contributed by atoms with E-state index in [1.165, 1.54) is 23.5 Å². The first-order valence-corrected chi connectivity index (χ1v) is 10.7. The van der Waals surface area contributed by atoms with Gasteiger partial charge < -0.3 is 4.74 Å². The lowest BCUT2D eigenvalue weighted by Crippen LogP contribution is -2.43. The van der Waals surface area contributed by atoms with Crippen LogP contribution in [0.3, 0.4) is 0 Å². The first-order valence-electron chi connectivity index (χ1n) is 9.89. The number of fused-ring (bicyclic) bond motifs is 1. The van der Waals surface area contributed by atoms with Crippen molar-refractivity contribution in [3.63, 3.8) is 0 Å². The van der Waals surface area contributed by atoms with Gasteiger partial charge >= 0.3 is 0 Å². The molecule has 0 bridgehead atoms. The number of amides is 1. The molecule has 7 heteroatoms. The van der Waals surface area contributed by atoms with E-state index in [-0.39, 0.29) is 11.7 Å². The van der Waals surface area contributed by atoms with Crippen LogP contribution >= 0.6 is 11.3 Å². The van der Waals surface area contributed by atoms with Crippen LogP contribution in [0.5, 0.6) is 0 Å². The zero-order valence-corrected chi connectivity index (χ0v) is 17.0. The fourth-order valence-electron chi connectivity index (χ4n) is 3.43. The number of hydrogen-bond acceptors (Lipinski definition) is 5. The molecule has 0 saturated carbocycles. The molecule has 0 atom stereocenters. The highest BCUT2D eigenvalue weighted by Gasteiger charge is 2.21. The van der Waals surface area contributed by atoms with Gasteiger partial charge in [0.2, 0.25) is 5.91 Å². The molecule has 5 nitrogen and oxygen atoms in total. The van der Waals surface area contributed by atoms with Crippen molar-refractivity contribution >= 4 is 32.6 Å². The van der Waals surface area contributed by atoms with Crippen molar-refractivity contribution in [1.82, 2.24) is 9.88 Å². The molecule has 29 heavy (non-hydrogen) atoms. The molecule has 0 unspecified atom stereocenters. The topological polar surface area (TPSA) is 45.7 Å². The lowest BCUT2D eigenvalue weighted by atomic mass is 10.1. The summed E-state index contributed by atoms with van der Waals surface area (Å²) in [7, 11) is 0. The summed E-state index contributed by atoms with van der Waals surface area (Å²) in [5.41, 5.74) is 1.86. The number of aryl methyl sites for hydroxylation is 1.